The van der Waals surface area contributed by atoms with E-state index >= 15 is 0 Å². The molecular formula is C13H22N4O3. The molecule has 1 aliphatic rings. The van der Waals surface area contributed by atoms with Crippen molar-refractivity contribution in [1.29, 1.82) is 5.26 Å². The van der Waals surface area contributed by atoms with E-state index in [1.165, 1.54) is 0 Å². The lowest BCUT2D eigenvalue weighted by Gasteiger charge is -2.30. The van der Waals surface area contributed by atoms with Gasteiger partial charge < -0.3 is 14.9 Å². The van der Waals surface area contributed by atoms with Crippen molar-refractivity contribution < 1.29 is 14.7 Å². The second kappa shape index (κ2) is 7.70. The molecule has 0 radical (unpaired) electrons. The Kier molecular flexibility index (Phi) is 6.25. The summed E-state index contributed by atoms with van der Waals surface area (Å²) < 4.78 is 0. The van der Waals surface area contributed by atoms with Crippen molar-refractivity contribution in [3.8, 4) is 6.07 Å². The van der Waals surface area contributed by atoms with Gasteiger partial charge in [0.05, 0.1) is 19.0 Å². The van der Waals surface area contributed by atoms with Gasteiger partial charge in [-0.05, 0) is 13.3 Å². The number of nitriles is 1. The number of hydrogen-bond acceptors (Lipinski definition) is 4. The maximum absolute atomic E-state index is 12.3. The molecule has 0 saturated carbocycles. The molecule has 0 aromatic carbocycles. The van der Waals surface area contributed by atoms with Gasteiger partial charge >= 0.3 is 12.0 Å². The molecule has 7 nitrogen and oxygen atoms in total. The van der Waals surface area contributed by atoms with Crippen LogP contribution in [0.3, 0.4) is 0 Å². The number of carboxylic acids is 1. The maximum Gasteiger partial charge on any atom is 0.320 e. The second-order valence-electron chi connectivity index (χ2n) is 5.12. The largest absolute Gasteiger partial charge is 0.480 e. The number of hydrogen-bond donors (Lipinski definition) is 1. The molecule has 0 aromatic rings. The molecule has 0 aliphatic carbocycles. The highest BCUT2D eigenvalue weighted by Crippen LogP contribution is 2.09. The van der Waals surface area contributed by atoms with Crippen molar-refractivity contribution in [1.82, 2.24) is 14.7 Å². The molecule has 0 spiro atoms. The van der Waals surface area contributed by atoms with E-state index in [1.54, 1.807) is 16.8 Å². The zero-order valence-corrected chi connectivity index (χ0v) is 12.1. The Bertz CT molecular complexity index is 394. The fraction of sp³-hybridized carbons (Fsp3) is 0.769. The van der Waals surface area contributed by atoms with Gasteiger partial charge in [0.2, 0.25) is 0 Å². The first kappa shape index (κ1) is 16.2. The Morgan fingerprint density at radius 3 is 2.65 bits per heavy atom. The highest BCUT2D eigenvalue weighted by atomic mass is 16.4. The molecule has 1 fully saturated rings. The molecule has 0 bridgehead atoms. The molecule has 0 aromatic heterocycles. The Morgan fingerprint density at radius 1 is 1.35 bits per heavy atom. The van der Waals surface area contributed by atoms with E-state index in [9.17, 15) is 9.59 Å². The first-order valence-corrected chi connectivity index (χ1v) is 6.78. The van der Waals surface area contributed by atoms with Gasteiger partial charge in [-0.1, -0.05) is 0 Å². The zero-order chi connectivity index (χ0) is 15.1. The standard InChI is InChI=1S/C13H22N4O3/c1-11(4-5-14)15(2)13(20)17-7-3-6-16(8-9-17)10-12(18)19/h11H,3-4,6-10H2,1-2H3,(H,18,19). The Hall–Kier alpha value is -1.81. The average molecular weight is 282 g/mol. The summed E-state index contributed by atoms with van der Waals surface area (Å²) in [5.41, 5.74) is 0. The SMILES string of the molecule is CC(CC#N)N(C)C(=O)N1CCCN(CC(=O)O)CC1. The minimum Gasteiger partial charge on any atom is -0.480 e. The smallest absolute Gasteiger partial charge is 0.320 e. The number of aliphatic carboxylic acids is 1. The molecule has 1 heterocycles. The number of carbonyl (C=O) groups is 2. The van der Waals surface area contributed by atoms with Crippen LogP contribution in [-0.2, 0) is 4.79 Å². The van der Waals surface area contributed by atoms with Gasteiger partial charge in [-0.2, -0.15) is 5.26 Å². The summed E-state index contributed by atoms with van der Waals surface area (Å²) in [4.78, 5) is 28.2. The molecule has 1 unspecified atom stereocenters. The molecule has 1 N–H and O–H groups in total. The topological polar surface area (TPSA) is 87.9 Å². The van der Waals surface area contributed by atoms with Crippen LogP contribution in [0.4, 0.5) is 4.79 Å². The first-order chi connectivity index (χ1) is 9.45. The van der Waals surface area contributed by atoms with Gasteiger partial charge in [-0.3, -0.25) is 9.69 Å². The summed E-state index contributed by atoms with van der Waals surface area (Å²) in [6.07, 6.45) is 1.07. The highest BCUT2D eigenvalue weighted by molar-refractivity contribution is 5.74. The van der Waals surface area contributed by atoms with Crippen LogP contribution in [0.25, 0.3) is 0 Å². The predicted molar refractivity (Wildman–Crippen MR) is 73.1 cm³/mol. The van der Waals surface area contributed by atoms with Gasteiger partial charge in [-0.15, -0.1) is 0 Å². The van der Waals surface area contributed by atoms with Crippen LogP contribution in [0, 0.1) is 11.3 Å². The molecule has 1 saturated heterocycles. The molecule has 1 rings (SSSR count). The van der Waals surface area contributed by atoms with E-state index in [2.05, 4.69) is 6.07 Å². The van der Waals surface area contributed by atoms with E-state index < -0.39 is 5.97 Å². The summed E-state index contributed by atoms with van der Waals surface area (Å²) in [6.45, 7) is 4.26. The normalized spacial score (nSPS) is 17.9. The Morgan fingerprint density at radius 2 is 2.05 bits per heavy atom. The third-order valence-corrected chi connectivity index (χ3v) is 3.57. The minimum absolute atomic E-state index is 0.0166. The number of amides is 2. The van der Waals surface area contributed by atoms with Crippen molar-refractivity contribution in [3.05, 3.63) is 0 Å². The summed E-state index contributed by atoms with van der Waals surface area (Å²) in [5.74, 6) is -0.843. The van der Waals surface area contributed by atoms with Crippen molar-refractivity contribution in [3.63, 3.8) is 0 Å². The van der Waals surface area contributed by atoms with Gasteiger partial charge in [0.25, 0.3) is 0 Å². The lowest BCUT2D eigenvalue weighted by molar-refractivity contribution is -0.138. The van der Waals surface area contributed by atoms with Crippen LogP contribution in [0.5, 0.6) is 0 Å². The number of nitrogens with zero attached hydrogens (tertiary/aromatic N) is 4. The molecule has 112 valence electrons. The quantitative estimate of drug-likeness (QED) is 0.808. The summed E-state index contributed by atoms with van der Waals surface area (Å²) in [5, 5.41) is 17.5. The first-order valence-electron chi connectivity index (χ1n) is 6.78. The highest BCUT2D eigenvalue weighted by Gasteiger charge is 2.24. The molecule has 1 aliphatic heterocycles. The second-order valence-corrected chi connectivity index (χ2v) is 5.12. The minimum atomic E-state index is -0.843. The van der Waals surface area contributed by atoms with E-state index in [-0.39, 0.29) is 18.6 Å². The van der Waals surface area contributed by atoms with E-state index in [1.807, 2.05) is 11.8 Å². The number of carboxylic acid groups (broad SMARTS) is 1. The summed E-state index contributed by atoms with van der Waals surface area (Å²) in [6, 6.07) is 1.85. The third-order valence-electron chi connectivity index (χ3n) is 3.57. The lowest BCUT2D eigenvalue weighted by Crippen LogP contribution is -2.46. The van der Waals surface area contributed by atoms with Crippen LogP contribution in [0.15, 0.2) is 0 Å². The fourth-order valence-corrected chi connectivity index (χ4v) is 2.19. The van der Waals surface area contributed by atoms with Crippen molar-refractivity contribution in [2.24, 2.45) is 0 Å². The van der Waals surface area contributed by atoms with Gasteiger partial charge in [0.1, 0.15) is 0 Å². The molecular weight excluding hydrogens is 260 g/mol. The Balaban J connectivity index is 2.53. The van der Waals surface area contributed by atoms with Crippen LogP contribution >= 0.6 is 0 Å². The van der Waals surface area contributed by atoms with Crippen molar-refractivity contribution in [2.75, 3.05) is 39.8 Å². The Labute approximate surface area is 119 Å². The third kappa shape index (κ3) is 4.70. The lowest BCUT2D eigenvalue weighted by atomic mass is 10.2. The van der Waals surface area contributed by atoms with E-state index in [0.717, 1.165) is 6.42 Å². The van der Waals surface area contributed by atoms with E-state index in [4.69, 9.17) is 10.4 Å². The molecule has 1 atom stereocenters. The maximum atomic E-state index is 12.3. The van der Waals surface area contributed by atoms with Crippen LogP contribution in [0.2, 0.25) is 0 Å². The average Bonchev–Trinajstić information content (AvgIpc) is 2.62. The predicted octanol–water partition coefficient (Wildman–Crippen LogP) is 0.433. The molecule has 20 heavy (non-hydrogen) atoms. The number of carbonyl (C=O) groups excluding carboxylic acids is 1. The zero-order valence-electron chi connectivity index (χ0n) is 12.1. The number of rotatable bonds is 4. The van der Waals surface area contributed by atoms with Gasteiger partial charge in [0, 0.05) is 39.3 Å². The molecule has 7 heteroatoms. The summed E-state index contributed by atoms with van der Waals surface area (Å²) >= 11 is 0. The fourth-order valence-electron chi connectivity index (χ4n) is 2.19. The number of urea groups is 1. The van der Waals surface area contributed by atoms with Crippen LogP contribution in [0.1, 0.15) is 19.8 Å². The van der Waals surface area contributed by atoms with Crippen LogP contribution < -0.4 is 0 Å². The van der Waals surface area contributed by atoms with Crippen LogP contribution in [-0.4, -0.2) is 77.6 Å². The van der Waals surface area contributed by atoms with Crippen molar-refractivity contribution in [2.45, 2.75) is 25.8 Å². The van der Waals surface area contributed by atoms with Crippen molar-refractivity contribution >= 4 is 12.0 Å². The summed E-state index contributed by atoms with van der Waals surface area (Å²) in [7, 11) is 1.70. The monoisotopic (exact) mass is 282 g/mol. The van der Waals surface area contributed by atoms with Gasteiger partial charge in [0.15, 0.2) is 0 Å². The van der Waals surface area contributed by atoms with Gasteiger partial charge in [-0.25, -0.2) is 4.79 Å². The molecule has 2 amide bonds. The van der Waals surface area contributed by atoms with E-state index in [0.29, 0.717) is 32.6 Å².